The van der Waals surface area contributed by atoms with Crippen molar-refractivity contribution in [3.8, 4) is 0 Å². The Kier molecular flexibility index (Phi) is 6.79. The number of carbonyl (C=O) groups is 2. The molecule has 1 aromatic carbocycles. The second kappa shape index (κ2) is 9.05. The van der Waals surface area contributed by atoms with Crippen molar-refractivity contribution >= 4 is 28.9 Å². The van der Waals surface area contributed by atoms with Gasteiger partial charge in [0.05, 0.1) is 6.61 Å². The summed E-state index contributed by atoms with van der Waals surface area (Å²) < 4.78 is 20.3. The molecule has 1 heterocycles. The van der Waals surface area contributed by atoms with Crippen molar-refractivity contribution in [1.82, 2.24) is 10.3 Å². The molecule has 0 saturated carbocycles. The zero-order valence-corrected chi connectivity index (χ0v) is 14.4. The van der Waals surface area contributed by atoms with E-state index in [4.69, 9.17) is 18.8 Å². The molecule has 25 heavy (non-hydrogen) atoms. The van der Waals surface area contributed by atoms with E-state index in [0.29, 0.717) is 16.6 Å². The molecule has 8 heteroatoms. The normalized spacial score (nSPS) is 11.9. The first-order chi connectivity index (χ1) is 12.1. The summed E-state index contributed by atoms with van der Waals surface area (Å²) in [6.07, 6.45) is 0.207. The maximum absolute atomic E-state index is 12.7. The number of esters is 1. The highest BCUT2D eigenvalue weighted by molar-refractivity contribution is 6.22. The third-order valence-corrected chi connectivity index (χ3v) is 3.23. The molecule has 0 atom stereocenters. The lowest BCUT2D eigenvalue weighted by Gasteiger charge is -2.16. The average Bonchev–Trinajstić information content (AvgIpc) is 3.08. The van der Waals surface area contributed by atoms with Crippen LogP contribution in [-0.4, -0.2) is 48.2 Å². The second-order valence-electron chi connectivity index (χ2n) is 4.86. The number of hydrogen-bond acceptors (Lipinski definition) is 8. The molecule has 0 spiro atoms. The molecule has 0 bridgehead atoms. The Labute approximate surface area is 144 Å². The van der Waals surface area contributed by atoms with Gasteiger partial charge in [0, 0.05) is 18.8 Å². The number of rotatable bonds is 9. The summed E-state index contributed by atoms with van der Waals surface area (Å²) >= 11 is 0. The quantitative estimate of drug-likeness (QED) is 0.223. The third-order valence-electron chi connectivity index (χ3n) is 3.23. The fraction of sp³-hybridized carbons (Fsp3) is 0.412. The Bertz CT molecular complexity index is 761. The monoisotopic (exact) mass is 348 g/mol. The molecule has 0 radical (unpaired) electrons. The van der Waals surface area contributed by atoms with E-state index in [-0.39, 0.29) is 25.4 Å². The van der Waals surface area contributed by atoms with Gasteiger partial charge in [-0.15, -0.1) is 0 Å². The number of Topliss-reactive ketones (excluding diaryl/α,β-unsaturated/α-hetero) is 1. The number of carbonyl (C=O) groups excluding carboxylic acids is 2. The first-order valence-electron chi connectivity index (χ1n) is 7.99. The van der Waals surface area contributed by atoms with Crippen molar-refractivity contribution in [1.29, 1.82) is 0 Å². The molecule has 0 amide bonds. The lowest BCUT2D eigenvalue weighted by atomic mass is 10.1. The molecular formula is C17H20N2O6. The van der Waals surface area contributed by atoms with Gasteiger partial charge in [-0.1, -0.05) is 12.1 Å². The van der Waals surface area contributed by atoms with Crippen molar-refractivity contribution < 1.29 is 28.4 Å². The van der Waals surface area contributed by atoms with E-state index in [2.05, 4.69) is 10.3 Å². The number of ether oxygens (including phenoxy) is 3. The summed E-state index contributed by atoms with van der Waals surface area (Å²) in [6, 6.07) is 5.11. The lowest BCUT2D eigenvalue weighted by molar-refractivity contribution is -0.165. The number of nitrogens with zero attached hydrogens (tertiary/aromatic N) is 2. The Balaban J connectivity index is 2.46. The van der Waals surface area contributed by atoms with Crippen LogP contribution in [0.25, 0.3) is 17.1 Å². The molecule has 0 aliphatic rings. The Morgan fingerprint density at radius 2 is 1.84 bits per heavy atom. The molecule has 8 nitrogen and oxygen atoms in total. The van der Waals surface area contributed by atoms with Crippen LogP contribution in [0.5, 0.6) is 0 Å². The Morgan fingerprint density at radius 3 is 2.48 bits per heavy atom. The molecule has 134 valence electrons. The van der Waals surface area contributed by atoms with Crippen LogP contribution in [0.3, 0.4) is 0 Å². The van der Waals surface area contributed by atoms with Crippen molar-refractivity contribution in [3.63, 3.8) is 0 Å². The van der Waals surface area contributed by atoms with E-state index in [0.717, 1.165) is 0 Å². The summed E-state index contributed by atoms with van der Waals surface area (Å²) in [6.45, 7) is 5.77. The first-order valence-corrected chi connectivity index (χ1v) is 7.99. The number of aromatic nitrogens is 2. The summed E-state index contributed by atoms with van der Waals surface area (Å²) in [7, 11) is 0. The van der Waals surface area contributed by atoms with Crippen LogP contribution in [0.15, 0.2) is 28.4 Å². The van der Waals surface area contributed by atoms with Crippen LogP contribution in [0.1, 0.15) is 26.3 Å². The number of benzene rings is 1. The zero-order valence-electron chi connectivity index (χ0n) is 14.4. The minimum atomic E-state index is -1.18. The van der Waals surface area contributed by atoms with E-state index in [1.807, 2.05) is 0 Å². The highest BCUT2D eigenvalue weighted by Crippen LogP contribution is 2.20. The van der Waals surface area contributed by atoms with Crippen LogP contribution >= 0.6 is 0 Å². The van der Waals surface area contributed by atoms with Crippen molar-refractivity contribution in [2.45, 2.75) is 27.1 Å². The lowest BCUT2D eigenvalue weighted by Crippen LogP contribution is -2.32. The summed E-state index contributed by atoms with van der Waals surface area (Å²) in [5, 5.41) is 7.54. The third kappa shape index (κ3) is 4.49. The second-order valence-corrected chi connectivity index (χ2v) is 4.86. The fourth-order valence-electron chi connectivity index (χ4n) is 2.17. The molecule has 0 aliphatic heterocycles. The van der Waals surface area contributed by atoms with Crippen molar-refractivity contribution in [2.24, 2.45) is 0 Å². The molecule has 1 aromatic heterocycles. The molecular weight excluding hydrogens is 328 g/mol. The standard InChI is InChI=1S/C17H20N2O6/c1-4-22-16(21)12(15(20)17(23-5-2)24-6-3)10-11-8-7-9-13-14(11)19-25-18-13/h7-10,17H,4-6H2,1-3H3. The molecule has 2 rings (SSSR count). The molecule has 0 unspecified atom stereocenters. The van der Waals surface area contributed by atoms with Crippen LogP contribution in [0.2, 0.25) is 0 Å². The minimum absolute atomic E-state index is 0.132. The van der Waals surface area contributed by atoms with Gasteiger partial charge in [0.15, 0.2) is 0 Å². The van der Waals surface area contributed by atoms with Gasteiger partial charge in [0.2, 0.25) is 12.1 Å². The summed E-state index contributed by atoms with van der Waals surface area (Å²) in [4.78, 5) is 25.0. The average molecular weight is 348 g/mol. The van der Waals surface area contributed by atoms with Gasteiger partial charge in [-0.25, -0.2) is 9.42 Å². The maximum atomic E-state index is 12.7. The minimum Gasteiger partial charge on any atom is -0.462 e. The number of fused-ring (bicyclic) bond motifs is 1. The van der Waals surface area contributed by atoms with E-state index >= 15 is 0 Å². The van der Waals surface area contributed by atoms with Crippen LogP contribution in [-0.2, 0) is 23.8 Å². The van der Waals surface area contributed by atoms with E-state index in [1.165, 1.54) is 6.08 Å². The number of hydrogen-bond donors (Lipinski definition) is 0. The van der Waals surface area contributed by atoms with Gasteiger partial charge >= 0.3 is 5.97 Å². The van der Waals surface area contributed by atoms with E-state index < -0.39 is 18.0 Å². The Morgan fingerprint density at radius 1 is 1.12 bits per heavy atom. The first kappa shape index (κ1) is 18.8. The van der Waals surface area contributed by atoms with Crippen molar-refractivity contribution in [3.05, 3.63) is 29.3 Å². The molecule has 0 fully saturated rings. The predicted molar refractivity (Wildman–Crippen MR) is 88.5 cm³/mol. The van der Waals surface area contributed by atoms with Crippen LogP contribution < -0.4 is 0 Å². The largest absolute Gasteiger partial charge is 0.462 e. The maximum Gasteiger partial charge on any atom is 0.341 e. The highest BCUT2D eigenvalue weighted by atomic mass is 16.7. The van der Waals surface area contributed by atoms with Crippen molar-refractivity contribution in [2.75, 3.05) is 19.8 Å². The predicted octanol–water partition coefficient (Wildman–Crippen LogP) is 2.14. The highest BCUT2D eigenvalue weighted by Gasteiger charge is 2.29. The Hall–Kier alpha value is -2.58. The van der Waals surface area contributed by atoms with Gasteiger partial charge in [-0.05, 0) is 43.2 Å². The molecule has 0 saturated heterocycles. The SMILES string of the molecule is CCOC(=O)C(=Cc1cccc2nonc12)C(=O)C(OCC)OCC. The van der Waals surface area contributed by atoms with Gasteiger partial charge in [-0.3, -0.25) is 4.79 Å². The number of ketones is 1. The smallest absolute Gasteiger partial charge is 0.341 e. The van der Waals surface area contributed by atoms with Gasteiger partial charge in [0.25, 0.3) is 0 Å². The summed E-state index contributed by atoms with van der Waals surface area (Å²) in [5.41, 5.74) is 1.25. The van der Waals surface area contributed by atoms with Gasteiger partial charge < -0.3 is 14.2 Å². The van der Waals surface area contributed by atoms with Gasteiger partial charge in [-0.2, -0.15) is 0 Å². The topological polar surface area (TPSA) is 101 Å². The zero-order chi connectivity index (χ0) is 18.2. The van der Waals surface area contributed by atoms with E-state index in [9.17, 15) is 9.59 Å². The molecule has 0 aliphatic carbocycles. The van der Waals surface area contributed by atoms with Crippen LogP contribution in [0, 0.1) is 0 Å². The fourth-order valence-corrected chi connectivity index (χ4v) is 2.17. The summed E-state index contributed by atoms with van der Waals surface area (Å²) in [5.74, 6) is -1.37. The molecule has 0 N–H and O–H groups in total. The van der Waals surface area contributed by atoms with Crippen LogP contribution in [0.4, 0.5) is 0 Å². The van der Waals surface area contributed by atoms with Gasteiger partial charge in [0.1, 0.15) is 16.6 Å². The molecule has 2 aromatic rings. The van der Waals surface area contributed by atoms with E-state index in [1.54, 1.807) is 39.0 Å².